The van der Waals surface area contributed by atoms with Crippen LogP contribution in [0.25, 0.3) is 6.08 Å². The third kappa shape index (κ3) is 1.81. The van der Waals surface area contributed by atoms with Gasteiger partial charge in [-0.2, -0.15) is 0 Å². The van der Waals surface area contributed by atoms with Crippen LogP contribution >= 0.6 is 0 Å². The van der Waals surface area contributed by atoms with Gasteiger partial charge in [0.25, 0.3) is 0 Å². The van der Waals surface area contributed by atoms with E-state index in [2.05, 4.69) is 55.3 Å². The lowest BCUT2D eigenvalue weighted by Crippen LogP contribution is -2.58. The Morgan fingerprint density at radius 2 is 2.13 bits per heavy atom. The fraction of sp³-hybridized carbons (Fsp3) is 0.316. The highest BCUT2D eigenvalue weighted by Crippen LogP contribution is 2.53. The molecule has 3 heterocycles. The van der Waals surface area contributed by atoms with Gasteiger partial charge < -0.3 is 14.6 Å². The molecule has 2 aliphatic rings. The number of anilines is 1. The summed E-state index contributed by atoms with van der Waals surface area (Å²) in [5.74, 6) is 0.830. The van der Waals surface area contributed by atoms with Crippen LogP contribution in [0.2, 0.25) is 0 Å². The molecule has 0 aliphatic carbocycles. The van der Waals surface area contributed by atoms with E-state index in [0.29, 0.717) is 6.54 Å². The van der Waals surface area contributed by atoms with Crippen LogP contribution in [0.15, 0.2) is 47.1 Å². The zero-order valence-electron chi connectivity index (χ0n) is 13.6. The second-order valence-electron chi connectivity index (χ2n) is 6.90. The lowest BCUT2D eigenvalue weighted by atomic mass is 9.75. The Kier molecular flexibility index (Phi) is 2.77. The molecule has 1 amide bonds. The summed E-state index contributed by atoms with van der Waals surface area (Å²) in [4.78, 5) is 14.3. The molecule has 4 heteroatoms. The van der Waals surface area contributed by atoms with Crippen molar-refractivity contribution in [1.82, 2.24) is 5.32 Å². The summed E-state index contributed by atoms with van der Waals surface area (Å²) >= 11 is 0. The maximum absolute atomic E-state index is 12.2. The van der Waals surface area contributed by atoms with Crippen molar-refractivity contribution < 1.29 is 9.21 Å². The van der Waals surface area contributed by atoms with Crippen LogP contribution in [0.4, 0.5) is 5.69 Å². The molecule has 1 fully saturated rings. The number of rotatable bonds is 2. The van der Waals surface area contributed by atoms with E-state index in [0.717, 1.165) is 11.4 Å². The Morgan fingerprint density at radius 1 is 1.30 bits per heavy atom. The van der Waals surface area contributed by atoms with Gasteiger partial charge >= 0.3 is 0 Å². The first-order valence-corrected chi connectivity index (χ1v) is 7.87. The topological polar surface area (TPSA) is 45.5 Å². The summed E-state index contributed by atoms with van der Waals surface area (Å²) in [6.45, 7) is 6.85. The molecule has 1 aromatic carbocycles. The summed E-state index contributed by atoms with van der Waals surface area (Å²) in [7, 11) is 0. The van der Waals surface area contributed by atoms with Crippen molar-refractivity contribution in [2.45, 2.75) is 31.8 Å². The molecule has 0 saturated carbocycles. The molecule has 118 valence electrons. The summed E-state index contributed by atoms with van der Waals surface area (Å²) in [5, 5.41) is 3.21. The third-order valence-corrected chi connectivity index (χ3v) is 5.16. The van der Waals surface area contributed by atoms with Crippen LogP contribution in [-0.2, 0) is 10.2 Å². The van der Waals surface area contributed by atoms with Gasteiger partial charge in [-0.15, -0.1) is 0 Å². The second-order valence-corrected chi connectivity index (χ2v) is 6.90. The molecule has 4 rings (SSSR count). The number of furan rings is 1. The summed E-state index contributed by atoms with van der Waals surface area (Å²) in [6.07, 6.45) is 5.66. The van der Waals surface area contributed by atoms with Crippen LogP contribution in [0, 0.1) is 6.92 Å². The van der Waals surface area contributed by atoms with Crippen LogP contribution in [0.3, 0.4) is 0 Å². The number of nitrogens with zero attached hydrogens (tertiary/aromatic N) is 1. The summed E-state index contributed by atoms with van der Waals surface area (Å²) < 4.78 is 5.41. The maximum atomic E-state index is 12.2. The lowest BCUT2D eigenvalue weighted by Gasteiger charge is -2.40. The van der Waals surface area contributed by atoms with Crippen LogP contribution in [0.5, 0.6) is 0 Å². The highest BCUT2D eigenvalue weighted by molar-refractivity contribution is 5.91. The van der Waals surface area contributed by atoms with Gasteiger partial charge in [0.2, 0.25) is 5.91 Å². The van der Waals surface area contributed by atoms with Crippen molar-refractivity contribution >= 4 is 17.7 Å². The SMILES string of the molecule is Cc1ccc2c(c1)C(C)(C)[C@@]1(/C=C/c3ccco3)NC(=O)CN21. The van der Waals surface area contributed by atoms with Crippen molar-refractivity contribution in [3.05, 3.63) is 59.6 Å². The van der Waals surface area contributed by atoms with Gasteiger partial charge in [-0.25, -0.2) is 0 Å². The predicted octanol–water partition coefficient (Wildman–Crippen LogP) is 3.23. The van der Waals surface area contributed by atoms with Crippen molar-refractivity contribution in [2.75, 3.05) is 11.4 Å². The zero-order valence-corrected chi connectivity index (χ0v) is 13.6. The molecule has 4 nitrogen and oxygen atoms in total. The first-order chi connectivity index (χ1) is 10.9. The second kappa shape index (κ2) is 4.51. The molecule has 1 aromatic heterocycles. The average Bonchev–Trinajstić information content (AvgIpc) is 3.16. The molecule has 1 N–H and O–H groups in total. The molecule has 0 unspecified atom stereocenters. The van der Waals surface area contributed by atoms with E-state index in [1.807, 2.05) is 18.2 Å². The van der Waals surface area contributed by atoms with Crippen molar-refractivity contribution in [3.63, 3.8) is 0 Å². The minimum Gasteiger partial charge on any atom is -0.465 e. The Bertz CT molecular complexity index is 805. The molecule has 0 spiro atoms. The Labute approximate surface area is 135 Å². The fourth-order valence-electron chi connectivity index (χ4n) is 3.88. The molecule has 0 radical (unpaired) electrons. The molecular formula is C19H20N2O2. The normalized spacial score (nSPS) is 24.8. The zero-order chi connectivity index (χ0) is 16.2. The number of carbonyl (C=O) groups is 1. The van der Waals surface area contributed by atoms with Gasteiger partial charge in [0.05, 0.1) is 12.8 Å². The molecule has 2 aromatic rings. The Hall–Kier alpha value is -2.49. The van der Waals surface area contributed by atoms with Crippen molar-refractivity contribution in [2.24, 2.45) is 0 Å². The molecule has 1 atom stereocenters. The van der Waals surface area contributed by atoms with Gasteiger partial charge in [0, 0.05) is 11.1 Å². The van der Waals surface area contributed by atoms with Crippen molar-refractivity contribution in [3.8, 4) is 0 Å². The van der Waals surface area contributed by atoms with E-state index in [1.54, 1.807) is 6.26 Å². The molecular weight excluding hydrogens is 288 g/mol. The standard InChI is InChI=1S/C19H20N2O2/c1-13-6-7-16-15(11-13)18(2,3)19(20-17(22)12-21(16)19)9-8-14-5-4-10-23-14/h4-11H,12H2,1-3H3,(H,20,22)/b9-8+/t19-/m0/s1. The first kappa shape index (κ1) is 14.1. The highest BCUT2D eigenvalue weighted by atomic mass is 16.3. The Balaban J connectivity index is 1.88. The van der Waals surface area contributed by atoms with Crippen LogP contribution in [-0.4, -0.2) is 18.1 Å². The molecule has 23 heavy (non-hydrogen) atoms. The average molecular weight is 308 g/mol. The van der Waals surface area contributed by atoms with E-state index < -0.39 is 5.66 Å². The molecule has 0 bridgehead atoms. The van der Waals surface area contributed by atoms with E-state index in [9.17, 15) is 4.79 Å². The summed E-state index contributed by atoms with van der Waals surface area (Å²) in [6, 6.07) is 10.2. The summed E-state index contributed by atoms with van der Waals surface area (Å²) in [5.41, 5.74) is 2.82. The third-order valence-electron chi connectivity index (χ3n) is 5.16. The molecule has 1 saturated heterocycles. The number of fused-ring (bicyclic) bond motifs is 3. The van der Waals surface area contributed by atoms with Gasteiger partial charge in [-0.05, 0) is 42.8 Å². The van der Waals surface area contributed by atoms with Gasteiger partial charge in [-0.3, -0.25) is 4.79 Å². The molecule has 2 aliphatic heterocycles. The quantitative estimate of drug-likeness (QED) is 0.926. The number of aryl methyl sites for hydroxylation is 1. The smallest absolute Gasteiger partial charge is 0.241 e. The highest BCUT2D eigenvalue weighted by Gasteiger charge is 2.59. The number of hydrogen-bond donors (Lipinski definition) is 1. The van der Waals surface area contributed by atoms with E-state index in [-0.39, 0.29) is 11.3 Å². The van der Waals surface area contributed by atoms with E-state index in [1.165, 1.54) is 11.1 Å². The fourth-order valence-corrected chi connectivity index (χ4v) is 3.88. The largest absolute Gasteiger partial charge is 0.465 e. The van der Waals surface area contributed by atoms with E-state index >= 15 is 0 Å². The Morgan fingerprint density at radius 3 is 2.87 bits per heavy atom. The van der Waals surface area contributed by atoms with Crippen LogP contribution < -0.4 is 10.2 Å². The monoisotopic (exact) mass is 308 g/mol. The minimum atomic E-state index is -0.562. The van der Waals surface area contributed by atoms with Crippen LogP contribution in [0.1, 0.15) is 30.7 Å². The van der Waals surface area contributed by atoms with Gasteiger partial charge in [0.1, 0.15) is 11.4 Å². The maximum Gasteiger partial charge on any atom is 0.241 e. The number of carbonyl (C=O) groups excluding carboxylic acids is 1. The van der Waals surface area contributed by atoms with Gasteiger partial charge in [-0.1, -0.05) is 31.5 Å². The number of nitrogens with one attached hydrogen (secondary N) is 1. The first-order valence-electron chi connectivity index (χ1n) is 7.87. The van der Waals surface area contributed by atoms with Crippen molar-refractivity contribution in [1.29, 1.82) is 0 Å². The number of amides is 1. The number of benzene rings is 1. The predicted molar refractivity (Wildman–Crippen MR) is 90.2 cm³/mol. The lowest BCUT2D eigenvalue weighted by molar-refractivity contribution is -0.118. The van der Waals surface area contributed by atoms with Gasteiger partial charge in [0.15, 0.2) is 0 Å². The van der Waals surface area contributed by atoms with E-state index in [4.69, 9.17) is 4.42 Å². The number of hydrogen-bond acceptors (Lipinski definition) is 3. The minimum absolute atomic E-state index is 0.0494.